The van der Waals surface area contributed by atoms with E-state index in [1.807, 2.05) is 66.1 Å². The van der Waals surface area contributed by atoms with Gasteiger partial charge in [0.25, 0.3) is 0 Å². The molecule has 0 radical (unpaired) electrons. The molecule has 0 unspecified atom stereocenters. The zero-order valence-corrected chi connectivity index (χ0v) is 25.5. The molecule has 0 saturated carbocycles. The molecular weight excluding hydrogens is 581 g/mol. The minimum absolute atomic E-state index is 0.364. The number of thiophene rings is 1. The van der Waals surface area contributed by atoms with Crippen LogP contribution < -0.4 is 0 Å². The van der Waals surface area contributed by atoms with Crippen LogP contribution in [0.5, 0.6) is 0 Å². The minimum atomic E-state index is 0.364. The number of benzene rings is 6. The van der Waals surface area contributed by atoms with Gasteiger partial charge < -0.3 is 9.98 Å². The molecule has 2 aromatic heterocycles. The van der Waals surface area contributed by atoms with Crippen molar-refractivity contribution >= 4 is 70.9 Å². The summed E-state index contributed by atoms with van der Waals surface area (Å²) in [6.07, 6.45) is 3.63. The number of nitriles is 1. The normalized spacial score (nSPS) is 12.0. The summed E-state index contributed by atoms with van der Waals surface area (Å²) in [5.41, 5.74) is 7.55. The lowest BCUT2D eigenvalue weighted by molar-refractivity contribution is 1.18. The molecular formula is C41H26N4S. The Morgan fingerprint density at radius 1 is 0.652 bits per heavy atom. The summed E-state index contributed by atoms with van der Waals surface area (Å²) in [4.78, 5) is 4.90. The van der Waals surface area contributed by atoms with E-state index in [1.165, 1.54) is 36.5 Å². The summed E-state index contributed by atoms with van der Waals surface area (Å²) >= 11 is 1.84. The predicted molar refractivity (Wildman–Crippen MR) is 194 cm³/mol. The first-order chi connectivity index (χ1) is 22.7. The highest BCUT2D eigenvalue weighted by molar-refractivity contribution is 7.25. The highest BCUT2D eigenvalue weighted by Crippen LogP contribution is 2.40. The third kappa shape index (κ3) is 4.88. The Balaban J connectivity index is 1.25. The number of fused-ring (bicyclic) bond motifs is 6. The van der Waals surface area contributed by atoms with Gasteiger partial charge in [-0.15, -0.1) is 11.3 Å². The highest BCUT2D eigenvalue weighted by Gasteiger charge is 2.15. The van der Waals surface area contributed by atoms with Crippen molar-refractivity contribution in [3.63, 3.8) is 0 Å². The molecule has 6 aromatic carbocycles. The summed E-state index contributed by atoms with van der Waals surface area (Å²) in [7, 11) is 0. The molecule has 1 N–H and O–H groups in total. The van der Waals surface area contributed by atoms with Crippen LogP contribution in [0.3, 0.4) is 0 Å². The van der Waals surface area contributed by atoms with Gasteiger partial charge in [0.1, 0.15) is 0 Å². The van der Waals surface area contributed by atoms with Crippen molar-refractivity contribution in [2.75, 3.05) is 0 Å². The van der Waals surface area contributed by atoms with Crippen molar-refractivity contribution in [2.45, 2.75) is 0 Å². The number of nitrogens with one attached hydrogen (secondary N) is 1. The Kier molecular flexibility index (Phi) is 6.83. The molecule has 5 heteroatoms. The quantitative estimate of drug-likeness (QED) is 0.188. The summed E-state index contributed by atoms with van der Waals surface area (Å²) in [5.74, 6) is 0. The Bertz CT molecular complexity index is 2540. The van der Waals surface area contributed by atoms with Crippen molar-refractivity contribution < 1.29 is 0 Å². The summed E-state index contributed by atoms with van der Waals surface area (Å²) in [5, 5.41) is 23.1. The number of hydrogen-bond acceptors (Lipinski definition) is 4. The first-order valence-corrected chi connectivity index (χ1v) is 15.8. The van der Waals surface area contributed by atoms with Gasteiger partial charge in [-0.2, -0.15) is 5.26 Å². The van der Waals surface area contributed by atoms with Gasteiger partial charge in [0, 0.05) is 48.4 Å². The number of para-hydroxylation sites is 1. The van der Waals surface area contributed by atoms with Crippen LogP contribution in [0, 0.1) is 16.7 Å². The summed E-state index contributed by atoms with van der Waals surface area (Å²) in [6.45, 7) is 0. The van der Waals surface area contributed by atoms with Gasteiger partial charge in [0.15, 0.2) is 0 Å². The Labute approximate surface area is 269 Å². The average molecular weight is 607 g/mol. The molecule has 0 saturated heterocycles. The van der Waals surface area contributed by atoms with Gasteiger partial charge in [0.05, 0.1) is 34.1 Å². The summed E-state index contributed by atoms with van der Waals surface area (Å²) in [6, 6.07) is 49.4. The van der Waals surface area contributed by atoms with Crippen LogP contribution in [-0.2, 0) is 0 Å². The average Bonchev–Trinajstić information content (AvgIpc) is 3.64. The van der Waals surface area contributed by atoms with Gasteiger partial charge in [-0.05, 0) is 65.7 Å². The molecule has 8 aromatic rings. The second-order valence-corrected chi connectivity index (χ2v) is 12.3. The lowest BCUT2D eigenvalue weighted by Crippen LogP contribution is -1.97. The van der Waals surface area contributed by atoms with E-state index in [0.29, 0.717) is 17.0 Å². The zero-order chi connectivity index (χ0) is 31.0. The molecule has 46 heavy (non-hydrogen) atoms. The topological polar surface area (TPSA) is 64.9 Å². The standard InChI is InChI=1S/C41H26N4S/c42-25-27-17-19-30(20-18-27)37(24-36(43)29-10-2-1-3-11-29)44-26-28-9-8-12-31(21-28)45-38-15-6-4-13-32(38)34-23-41-35(22-39(34)45)33-14-5-7-16-40(33)46-41/h1-24,26,43H/b37-24-,43-36?,44-26?. The molecule has 0 aliphatic rings. The van der Waals surface area contributed by atoms with Crippen LogP contribution >= 0.6 is 11.3 Å². The lowest BCUT2D eigenvalue weighted by Gasteiger charge is -2.09. The SMILES string of the molecule is N#Cc1ccc(/C(=C/C(=N)c2ccccc2)N=Cc2cccc(-n3c4ccccc4c4cc5sc6ccccc6c5cc43)c2)cc1. The molecule has 0 bridgehead atoms. The molecule has 0 aliphatic carbocycles. The van der Waals surface area contributed by atoms with E-state index >= 15 is 0 Å². The van der Waals surface area contributed by atoms with Crippen molar-refractivity contribution in [1.82, 2.24) is 4.57 Å². The van der Waals surface area contributed by atoms with Gasteiger partial charge in [0.2, 0.25) is 0 Å². The smallest absolute Gasteiger partial charge is 0.0991 e. The van der Waals surface area contributed by atoms with Crippen LogP contribution in [0.25, 0.3) is 53.4 Å². The maximum absolute atomic E-state index is 9.31. The summed E-state index contributed by atoms with van der Waals surface area (Å²) < 4.78 is 4.93. The molecule has 2 heterocycles. The van der Waals surface area contributed by atoms with Gasteiger partial charge >= 0.3 is 0 Å². The van der Waals surface area contributed by atoms with Crippen molar-refractivity contribution in [2.24, 2.45) is 4.99 Å². The van der Waals surface area contributed by atoms with Crippen LogP contribution in [-0.4, -0.2) is 16.5 Å². The van der Waals surface area contributed by atoms with Crippen LogP contribution in [0.1, 0.15) is 22.3 Å². The number of nitrogens with zero attached hydrogens (tertiary/aromatic N) is 3. The molecule has 0 spiro atoms. The van der Waals surface area contributed by atoms with Crippen LogP contribution in [0.4, 0.5) is 0 Å². The van der Waals surface area contributed by atoms with E-state index in [1.54, 1.807) is 18.2 Å². The van der Waals surface area contributed by atoms with Crippen LogP contribution in [0.15, 0.2) is 151 Å². The monoisotopic (exact) mass is 606 g/mol. The number of aliphatic imine (C=N–C) groups is 1. The fourth-order valence-corrected chi connectivity index (χ4v) is 7.23. The second kappa shape index (κ2) is 11.4. The van der Waals surface area contributed by atoms with Crippen LogP contribution in [0.2, 0.25) is 0 Å². The van der Waals surface area contributed by atoms with Gasteiger partial charge in [-0.25, -0.2) is 0 Å². The van der Waals surface area contributed by atoms with Crippen molar-refractivity contribution in [3.05, 3.63) is 168 Å². The number of allylic oxidation sites excluding steroid dienone is 1. The molecule has 0 aliphatic heterocycles. The fourth-order valence-electron chi connectivity index (χ4n) is 6.10. The van der Waals surface area contributed by atoms with Crippen molar-refractivity contribution in [1.29, 1.82) is 10.7 Å². The van der Waals surface area contributed by atoms with E-state index in [0.717, 1.165) is 27.9 Å². The predicted octanol–water partition coefficient (Wildman–Crippen LogP) is 10.6. The van der Waals surface area contributed by atoms with E-state index in [2.05, 4.69) is 89.5 Å². The van der Waals surface area contributed by atoms with Crippen molar-refractivity contribution in [3.8, 4) is 11.8 Å². The lowest BCUT2D eigenvalue weighted by atomic mass is 10.1. The number of hydrogen-bond donors (Lipinski definition) is 1. The zero-order valence-electron chi connectivity index (χ0n) is 24.7. The Morgan fingerprint density at radius 2 is 1.41 bits per heavy atom. The van der Waals surface area contributed by atoms with Gasteiger partial charge in [-0.3, -0.25) is 4.99 Å². The molecule has 4 nitrogen and oxygen atoms in total. The largest absolute Gasteiger partial charge is 0.309 e. The molecule has 0 amide bonds. The molecule has 0 fully saturated rings. The maximum atomic E-state index is 9.31. The fraction of sp³-hybridized carbons (Fsp3) is 0. The number of rotatable bonds is 6. The van der Waals surface area contributed by atoms with E-state index in [-0.39, 0.29) is 0 Å². The first-order valence-electron chi connectivity index (χ1n) is 15.0. The molecule has 216 valence electrons. The second-order valence-electron chi connectivity index (χ2n) is 11.2. The molecule has 8 rings (SSSR count). The molecule has 0 atom stereocenters. The van der Waals surface area contributed by atoms with Gasteiger partial charge in [-0.1, -0.05) is 91.0 Å². The third-order valence-electron chi connectivity index (χ3n) is 8.33. The Hall–Kier alpha value is -6.09. The minimum Gasteiger partial charge on any atom is -0.309 e. The maximum Gasteiger partial charge on any atom is 0.0991 e. The first kappa shape index (κ1) is 27.5. The van der Waals surface area contributed by atoms with E-state index in [9.17, 15) is 5.26 Å². The third-order valence-corrected chi connectivity index (χ3v) is 9.46. The Morgan fingerprint density at radius 3 is 2.24 bits per heavy atom. The van der Waals surface area contributed by atoms with E-state index in [4.69, 9.17) is 10.4 Å². The number of aromatic nitrogens is 1. The van der Waals surface area contributed by atoms with E-state index < -0.39 is 0 Å². The highest BCUT2D eigenvalue weighted by atomic mass is 32.1.